The molecule has 0 unspecified atom stereocenters. The minimum atomic E-state index is -0.0334. The molecule has 3 aromatic rings. The second-order valence-corrected chi connectivity index (χ2v) is 6.28. The van der Waals surface area contributed by atoms with E-state index in [2.05, 4.69) is 20.2 Å². The molecule has 8 heteroatoms. The largest absolute Gasteiger partial charge is 0.341 e. The highest BCUT2D eigenvalue weighted by atomic mass is 16.2. The van der Waals surface area contributed by atoms with Crippen LogP contribution in [-0.4, -0.2) is 47.2 Å². The minimum absolute atomic E-state index is 0.0334. The number of carbonyl (C=O) groups is 1. The van der Waals surface area contributed by atoms with Crippen molar-refractivity contribution in [2.75, 3.05) is 7.05 Å². The number of aryl methyl sites for hydroxylation is 3. The van der Waals surface area contributed by atoms with Crippen LogP contribution in [-0.2, 0) is 24.3 Å². The Bertz CT molecular complexity index is 925. The molecule has 0 aliphatic carbocycles. The molecular formula is C17H23N7O. The van der Waals surface area contributed by atoms with E-state index in [-0.39, 0.29) is 12.3 Å². The molecule has 3 rings (SSSR count). The number of rotatable bonds is 5. The zero-order chi connectivity index (χ0) is 18.1. The maximum Gasteiger partial charge on any atom is 0.252 e. The Morgan fingerprint density at radius 2 is 2.00 bits per heavy atom. The van der Waals surface area contributed by atoms with E-state index in [0.29, 0.717) is 18.1 Å². The van der Waals surface area contributed by atoms with Gasteiger partial charge in [-0.2, -0.15) is 10.1 Å². The van der Waals surface area contributed by atoms with Crippen molar-refractivity contribution >= 4 is 11.7 Å². The first-order valence-electron chi connectivity index (χ1n) is 8.34. The molecule has 0 atom stereocenters. The molecule has 0 saturated heterocycles. The molecule has 0 fully saturated rings. The van der Waals surface area contributed by atoms with Crippen LogP contribution < -0.4 is 0 Å². The highest BCUT2D eigenvalue weighted by Gasteiger charge is 2.17. The summed E-state index contributed by atoms with van der Waals surface area (Å²) >= 11 is 0. The van der Waals surface area contributed by atoms with Crippen LogP contribution in [0.2, 0.25) is 0 Å². The normalized spacial score (nSPS) is 11.2. The highest BCUT2D eigenvalue weighted by Crippen LogP contribution is 2.11. The summed E-state index contributed by atoms with van der Waals surface area (Å²) in [4.78, 5) is 22.9. The molecule has 132 valence electrons. The van der Waals surface area contributed by atoms with Crippen molar-refractivity contribution in [2.45, 2.75) is 47.2 Å². The van der Waals surface area contributed by atoms with Crippen molar-refractivity contribution in [2.24, 2.45) is 0 Å². The monoisotopic (exact) mass is 341 g/mol. The van der Waals surface area contributed by atoms with E-state index in [1.165, 1.54) is 0 Å². The maximum atomic E-state index is 12.5. The van der Waals surface area contributed by atoms with Crippen LogP contribution in [0, 0.1) is 20.8 Å². The molecule has 25 heavy (non-hydrogen) atoms. The number of hydrogen-bond donors (Lipinski definition) is 0. The predicted octanol–water partition coefficient (Wildman–Crippen LogP) is 1.47. The van der Waals surface area contributed by atoms with Gasteiger partial charge in [0.25, 0.3) is 5.78 Å². The summed E-state index contributed by atoms with van der Waals surface area (Å²) in [6.45, 7) is 9.27. The second-order valence-electron chi connectivity index (χ2n) is 6.28. The number of carbonyl (C=O) groups excluding carboxylic acids is 1. The van der Waals surface area contributed by atoms with Crippen molar-refractivity contribution in [3.05, 3.63) is 40.7 Å². The first-order valence-corrected chi connectivity index (χ1v) is 8.34. The average molecular weight is 341 g/mol. The molecule has 0 spiro atoms. The van der Waals surface area contributed by atoms with E-state index >= 15 is 0 Å². The summed E-state index contributed by atoms with van der Waals surface area (Å²) in [6.07, 6.45) is 1.97. The maximum absolute atomic E-state index is 12.5. The lowest BCUT2D eigenvalue weighted by Gasteiger charge is -2.16. The summed E-state index contributed by atoms with van der Waals surface area (Å²) in [7, 11) is 1.79. The fourth-order valence-electron chi connectivity index (χ4n) is 2.86. The fourth-order valence-corrected chi connectivity index (χ4v) is 2.86. The zero-order valence-corrected chi connectivity index (χ0v) is 15.3. The van der Waals surface area contributed by atoms with E-state index < -0.39 is 0 Å². The van der Waals surface area contributed by atoms with Gasteiger partial charge in [0, 0.05) is 42.8 Å². The molecule has 0 bridgehead atoms. The molecule has 0 aliphatic heterocycles. The SMILES string of the molecule is CCn1ncc(CN(C)C(=O)Cc2nc3nc(C)cc(C)n3n2)c1C. The summed E-state index contributed by atoms with van der Waals surface area (Å²) < 4.78 is 3.60. The van der Waals surface area contributed by atoms with Crippen molar-refractivity contribution in [3.63, 3.8) is 0 Å². The van der Waals surface area contributed by atoms with Gasteiger partial charge in [-0.3, -0.25) is 9.48 Å². The lowest BCUT2D eigenvalue weighted by atomic mass is 10.2. The van der Waals surface area contributed by atoms with Gasteiger partial charge in [0.1, 0.15) is 0 Å². The van der Waals surface area contributed by atoms with Gasteiger partial charge in [0.05, 0.1) is 12.6 Å². The Labute approximate surface area is 146 Å². The number of likely N-dealkylation sites (N-methyl/N-ethyl adjacent to an activating group) is 1. The topological polar surface area (TPSA) is 81.2 Å². The molecule has 0 radical (unpaired) electrons. The van der Waals surface area contributed by atoms with Gasteiger partial charge in [-0.25, -0.2) is 9.50 Å². The first kappa shape index (κ1) is 17.1. The third-order valence-electron chi connectivity index (χ3n) is 4.31. The summed E-state index contributed by atoms with van der Waals surface area (Å²) in [5.74, 6) is 0.982. The number of nitrogens with zero attached hydrogens (tertiary/aromatic N) is 7. The Morgan fingerprint density at radius 3 is 2.68 bits per heavy atom. The summed E-state index contributed by atoms with van der Waals surface area (Å²) in [5.41, 5.74) is 3.97. The quantitative estimate of drug-likeness (QED) is 0.702. The predicted molar refractivity (Wildman–Crippen MR) is 93.1 cm³/mol. The van der Waals surface area contributed by atoms with Crippen molar-refractivity contribution in [3.8, 4) is 0 Å². The van der Waals surface area contributed by atoms with Gasteiger partial charge in [-0.05, 0) is 33.8 Å². The van der Waals surface area contributed by atoms with Crippen LogP contribution in [0.25, 0.3) is 5.78 Å². The van der Waals surface area contributed by atoms with Gasteiger partial charge in [0.2, 0.25) is 5.91 Å². The minimum Gasteiger partial charge on any atom is -0.341 e. The fraction of sp³-hybridized carbons (Fsp3) is 0.471. The Morgan fingerprint density at radius 1 is 1.24 bits per heavy atom. The van der Waals surface area contributed by atoms with E-state index in [1.807, 2.05) is 44.6 Å². The number of aromatic nitrogens is 6. The molecular weight excluding hydrogens is 318 g/mol. The van der Waals surface area contributed by atoms with Crippen LogP contribution >= 0.6 is 0 Å². The second kappa shape index (κ2) is 6.62. The zero-order valence-electron chi connectivity index (χ0n) is 15.3. The number of fused-ring (bicyclic) bond motifs is 1. The van der Waals surface area contributed by atoms with Crippen LogP contribution in [0.15, 0.2) is 12.3 Å². The molecule has 0 aromatic carbocycles. The molecule has 3 heterocycles. The highest BCUT2D eigenvalue weighted by molar-refractivity contribution is 5.77. The molecule has 0 N–H and O–H groups in total. The van der Waals surface area contributed by atoms with Gasteiger partial charge < -0.3 is 4.90 Å². The Kier molecular flexibility index (Phi) is 4.52. The number of amides is 1. The molecule has 0 aliphatic rings. The van der Waals surface area contributed by atoms with Gasteiger partial charge >= 0.3 is 0 Å². The van der Waals surface area contributed by atoms with E-state index in [4.69, 9.17) is 0 Å². The summed E-state index contributed by atoms with van der Waals surface area (Å²) in [5, 5.41) is 8.72. The Hall–Kier alpha value is -2.77. The van der Waals surface area contributed by atoms with Crippen molar-refractivity contribution < 1.29 is 4.79 Å². The van der Waals surface area contributed by atoms with E-state index in [1.54, 1.807) is 16.5 Å². The van der Waals surface area contributed by atoms with Crippen LogP contribution in [0.1, 0.15) is 35.4 Å². The van der Waals surface area contributed by atoms with Crippen LogP contribution in [0.4, 0.5) is 0 Å². The van der Waals surface area contributed by atoms with Crippen molar-refractivity contribution in [1.29, 1.82) is 0 Å². The van der Waals surface area contributed by atoms with Gasteiger partial charge in [0.15, 0.2) is 5.82 Å². The van der Waals surface area contributed by atoms with E-state index in [0.717, 1.165) is 29.2 Å². The molecule has 1 amide bonds. The lowest BCUT2D eigenvalue weighted by Crippen LogP contribution is -2.28. The Balaban J connectivity index is 1.73. The number of hydrogen-bond acceptors (Lipinski definition) is 5. The smallest absolute Gasteiger partial charge is 0.252 e. The third kappa shape index (κ3) is 3.38. The molecule has 8 nitrogen and oxygen atoms in total. The standard InChI is InChI=1S/C17H23N7O/c1-6-23-13(4)14(9-18-23)10-22(5)16(25)8-15-20-17-19-11(2)7-12(3)24(17)21-15/h7,9H,6,8,10H2,1-5H3. The lowest BCUT2D eigenvalue weighted by molar-refractivity contribution is -0.129. The average Bonchev–Trinajstić information content (AvgIpc) is 3.11. The van der Waals surface area contributed by atoms with Crippen molar-refractivity contribution in [1.82, 2.24) is 34.3 Å². The summed E-state index contributed by atoms with van der Waals surface area (Å²) in [6, 6.07) is 1.94. The molecule has 3 aromatic heterocycles. The van der Waals surface area contributed by atoms with E-state index in [9.17, 15) is 4.79 Å². The van der Waals surface area contributed by atoms with Crippen LogP contribution in [0.3, 0.4) is 0 Å². The third-order valence-corrected chi connectivity index (χ3v) is 4.31. The molecule has 0 saturated carbocycles. The van der Waals surface area contributed by atoms with Gasteiger partial charge in [-0.1, -0.05) is 0 Å². The first-order chi connectivity index (χ1) is 11.9. The van der Waals surface area contributed by atoms with Gasteiger partial charge in [-0.15, -0.1) is 5.10 Å². The van der Waals surface area contributed by atoms with Crippen LogP contribution in [0.5, 0.6) is 0 Å².